The van der Waals surface area contributed by atoms with Gasteiger partial charge in [-0.15, -0.1) is 0 Å². The van der Waals surface area contributed by atoms with Crippen molar-refractivity contribution < 1.29 is 9.84 Å². The highest BCUT2D eigenvalue weighted by atomic mass is 79.9. The number of halogens is 1. The van der Waals surface area contributed by atoms with Gasteiger partial charge in [0.25, 0.3) is 0 Å². The fourth-order valence-corrected chi connectivity index (χ4v) is 1.84. The molecule has 0 heterocycles. The highest BCUT2D eigenvalue weighted by Crippen LogP contribution is 2.22. The maximum absolute atomic E-state index is 9.77. The van der Waals surface area contributed by atoms with Crippen molar-refractivity contribution in [1.29, 1.82) is 0 Å². The number of hydrogen-bond acceptors (Lipinski definition) is 3. The average Bonchev–Trinajstić information content (AvgIpc) is 2.27. The standard InChI is InChI=1S/C14H20BrNO2/c1-10-5-4-6-11(2)14(10)18-9-13(17)8-16-7-12(3)15/h4-6,13,16-17H,3,7-9H2,1-2H3. The summed E-state index contributed by atoms with van der Waals surface area (Å²) in [6, 6.07) is 6.00. The van der Waals surface area contributed by atoms with Crippen molar-refractivity contribution in [3.05, 3.63) is 40.4 Å². The molecule has 3 nitrogen and oxygen atoms in total. The van der Waals surface area contributed by atoms with Gasteiger partial charge in [0.15, 0.2) is 0 Å². The van der Waals surface area contributed by atoms with Gasteiger partial charge >= 0.3 is 0 Å². The van der Waals surface area contributed by atoms with Crippen molar-refractivity contribution >= 4 is 15.9 Å². The number of nitrogens with one attached hydrogen (secondary N) is 1. The number of aliphatic hydroxyl groups is 1. The Morgan fingerprint density at radius 1 is 1.44 bits per heavy atom. The Balaban J connectivity index is 2.38. The first-order valence-corrected chi connectivity index (χ1v) is 6.71. The molecule has 0 aliphatic heterocycles. The molecule has 0 amide bonds. The number of para-hydroxylation sites is 1. The molecule has 0 radical (unpaired) electrons. The van der Waals surface area contributed by atoms with Crippen LogP contribution in [0.25, 0.3) is 0 Å². The van der Waals surface area contributed by atoms with E-state index in [1.54, 1.807) is 0 Å². The molecule has 100 valence electrons. The van der Waals surface area contributed by atoms with E-state index < -0.39 is 6.10 Å². The third-order valence-corrected chi connectivity index (χ3v) is 2.81. The summed E-state index contributed by atoms with van der Waals surface area (Å²) in [5.74, 6) is 0.862. The molecule has 0 fully saturated rings. The molecule has 2 N–H and O–H groups in total. The van der Waals surface area contributed by atoms with E-state index in [9.17, 15) is 5.11 Å². The second-order valence-corrected chi connectivity index (χ2v) is 5.46. The summed E-state index contributed by atoms with van der Waals surface area (Å²) in [6.07, 6.45) is -0.532. The third kappa shape index (κ3) is 5.21. The summed E-state index contributed by atoms with van der Waals surface area (Å²) in [7, 11) is 0. The van der Waals surface area contributed by atoms with E-state index in [4.69, 9.17) is 4.74 Å². The van der Waals surface area contributed by atoms with Gasteiger partial charge in [-0.2, -0.15) is 0 Å². The van der Waals surface area contributed by atoms with Crippen molar-refractivity contribution in [2.24, 2.45) is 0 Å². The second kappa shape index (κ2) is 7.56. The first-order chi connectivity index (χ1) is 8.50. The zero-order valence-electron chi connectivity index (χ0n) is 10.9. The van der Waals surface area contributed by atoms with Gasteiger partial charge in [-0.05, 0) is 25.0 Å². The summed E-state index contributed by atoms with van der Waals surface area (Å²) in [5.41, 5.74) is 2.17. The van der Waals surface area contributed by atoms with Crippen LogP contribution >= 0.6 is 15.9 Å². The first-order valence-electron chi connectivity index (χ1n) is 5.91. The van der Waals surface area contributed by atoms with Crippen molar-refractivity contribution in [3.63, 3.8) is 0 Å². The fourth-order valence-electron chi connectivity index (χ4n) is 1.64. The number of aliphatic hydroxyl groups excluding tert-OH is 1. The molecule has 1 unspecified atom stereocenters. The molecule has 0 saturated heterocycles. The zero-order chi connectivity index (χ0) is 13.5. The van der Waals surface area contributed by atoms with Crippen LogP contribution in [0, 0.1) is 13.8 Å². The van der Waals surface area contributed by atoms with E-state index in [0.717, 1.165) is 21.4 Å². The van der Waals surface area contributed by atoms with Gasteiger partial charge in [0, 0.05) is 17.6 Å². The largest absolute Gasteiger partial charge is 0.490 e. The number of ether oxygens (including phenoxy) is 1. The van der Waals surface area contributed by atoms with E-state index >= 15 is 0 Å². The fraction of sp³-hybridized carbons (Fsp3) is 0.429. The number of rotatable bonds is 7. The van der Waals surface area contributed by atoms with Crippen molar-refractivity contribution in [2.45, 2.75) is 20.0 Å². The van der Waals surface area contributed by atoms with Crippen molar-refractivity contribution in [2.75, 3.05) is 19.7 Å². The summed E-state index contributed by atoms with van der Waals surface area (Å²) in [6.45, 7) is 9.12. The molecule has 0 aliphatic rings. The van der Waals surface area contributed by atoms with Crippen LogP contribution in [0.3, 0.4) is 0 Å². The molecule has 4 heteroatoms. The maximum atomic E-state index is 9.77. The molecule has 0 aliphatic carbocycles. The van der Waals surface area contributed by atoms with Gasteiger partial charge in [0.2, 0.25) is 0 Å². The van der Waals surface area contributed by atoms with Crippen LogP contribution < -0.4 is 10.1 Å². The molecule has 0 aromatic heterocycles. The Labute approximate surface area is 117 Å². The lowest BCUT2D eigenvalue weighted by atomic mass is 10.1. The van der Waals surface area contributed by atoms with Gasteiger partial charge in [-0.1, -0.05) is 40.7 Å². The van der Waals surface area contributed by atoms with Crippen molar-refractivity contribution in [3.8, 4) is 5.75 Å². The number of aryl methyl sites for hydroxylation is 2. The van der Waals surface area contributed by atoms with Crippen LogP contribution in [0.15, 0.2) is 29.3 Å². The Morgan fingerprint density at radius 2 is 2.06 bits per heavy atom. The highest BCUT2D eigenvalue weighted by molar-refractivity contribution is 9.11. The smallest absolute Gasteiger partial charge is 0.125 e. The predicted octanol–water partition coefficient (Wildman–Crippen LogP) is 2.54. The summed E-state index contributed by atoms with van der Waals surface area (Å²) < 4.78 is 6.53. The van der Waals surface area contributed by atoms with Gasteiger partial charge in [0.1, 0.15) is 18.5 Å². The summed E-state index contributed by atoms with van der Waals surface area (Å²) in [5, 5.41) is 12.8. The molecule has 1 atom stereocenters. The van der Waals surface area contributed by atoms with Crippen LogP contribution in [0.2, 0.25) is 0 Å². The minimum atomic E-state index is -0.532. The minimum absolute atomic E-state index is 0.285. The summed E-state index contributed by atoms with van der Waals surface area (Å²) in [4.78, 5) is 0. The van der Waals surface area contributed by atoms with E-state index in [-0.39, 0.29) is 6.61 Å². The Hall–Kier alpha value is -0.840. The first kappa shape index (κ1) is 15.2. The van der Waals surface area contributed by atoms with Gasteiger partial charge in [-0.3, -0.25) is 0 Å². The molecular formula is C14H20BrNO2. The predicted molar refractivity (Wildman–Crippen MR) is 78.4 cm³/mol. The van der Waals surface area contributed by atoms with Crippen LogP contribution in [-0.2, 0) is 0 Å². The van der Waals surface area contributed by atoms with Crippen molar-refractivity contribution in [1.82, 2.24) is 5.32 Å². The van der Waals surface area contributed by atoms with Crippen LogP contribution in [0.1, 0.15) is 11.1 Å². The van der Waals surface area contributed by atoms with E-state index in [1.807, 2.05) is 32.0 Å². The van der Waals surface area contributed by atoms with Gasteiger partial charge in [0.05, 0.1) is 0 Å². The summed E-state index contributed by atoms with van der Waals surface area (Å²) >= 11 is 3.25. The third-order valence-electron chi connectivity index (χ3n) is 2.53. The molecule has 1 aromatic rings. The lowest BCUT2D eigenvalue weighted by Gasteiger charge is -2.16. The lowest BCUT2D eigenvalue weighted by Crippen LogP contribution is -2.32. The van der Waals surface area contributed by atoms with Gasteiger partial charge in [-0.25, -0.2) is 0 Å². The van der Waals surface area contributed by atoms with Crippen LogP contribution in [-0.4, -0.2) is 30.9 Å². The SMILES string of the molecule is C=C(Br)CNCC(O)COc1c(C)cccc1C. The zero-order valence-corrected chi connectivity index (χ0v) is 12.5. The molecular weight excluding hydrogens is 294 g/mol. The molecule has 0 saturated carbocycles. The Morgan fingerprint density at radius 3 is 2.61 bits per heavy atom. The second-order valence-electron chi connectivity index (χ2n) is 4.33. The molecule has 1 aromatic carbocycles. The number of benzene rings is 1. The Kier molecular flexibility index (Phi) is 6.39. The molecule has 18 heavy (non-hydrogen) atoms. The van der Waals surface area contributed by atoms with Gasteiger partial charge < -0.3 is 15.2 Å². The lowest BCUT2D eigenvalue weighted by molar-refractivity contribution is 0.106. The highest BCUT2D eigenvalue weighted by Gasteiger charge is 2.08. The van der Waals surface area contributed by atoms with E-state index in [2.05, 4.69) is 27.8 Å². The molecule has 1 rings (SSSR count). The normalized spacial score (nSPS) is 12.2. The van der Waals surface area contributed by atoms with Crippen LogP contribution in [0.5, 0.6) is 5.75 Å². The van der Waals surface area contributed by atoms with E-state index in [1.165, 1.54) is 0 Å². The maximum Gasteiger partial charge on any atom is 0.125 e. The monoisotopic (exact) mass is 313 g/mol. The quantitative estimate of drug-likeness (QED) is 0.813. The topological polar surface area (TPSA) is 41.5 Å². The Bertz CT molecular complexity index is 387. The van der Waals surface area contributed by atoms with E-state index in [0.29, 0.717) is 13.1 Å². The average molecular weight is 314 g/mol. The van der Waals surface area contributed by atoms with Crippen LogP contribution in [0.4, 0.5) is 0 Å². The molecule has 0 bridgehead atoms. The minimum Gasteiger partial charge on any atom is -0.490 e. The molecule has 0 spiro atoms. The number of hydrogen-bond donors (Lipinski definition) is 2.